The van der Waals surface area contributed by atoms with Crippen LogP contribution in [0.5, 0.6) is 0 Å². The number of fused-ring (bicyclic) bond motifs is 8. The Hall–Kier alpha value is -6.74. The van der Waals surface area contributed by atoms with Crippen LogP contribution in [0.1, 0.15) is 25.0 Å². The largest absolute Gasteiger partial charge is 0.309 e. The minimum absolute atomic E-state index is 0.115. The molecule has 1 aliphatic carbocycles. The third kappa shape index (κ3) is 5.44. The van der Waals surface area contributed by atoms with E-state index in [9.17, 15) is 0 Å². The van der Waals surface area contributed by atoms with E-state index in [1.54, 1.807) is 0 Å². The molecular weight excluding hydrogens is 707 g/mol. The smallest absolute Gasteiger partial charge is 0.0640 e. The number of hydrogen-bond acceptors (Lipinski definition) is 2. The van der Waals surface area contributed by atoms with Crippen LogP contribution in [0.15, 0.2) is 200 Å². The second-order valence-corrected chi connectivity index (χ2v) is 16.7. The minimum atomic E-state index is -0.115. The number of hydrogen-bond donors (Lipinski definition) is 0. The molecule has 1 nitrogen and oxygen atoms in total. The molecule has 0 aliphatic heterocycles. The molecule has 1 aliphatic rings. The highest BCUT2D eigenvalue weighted by Crippen LogP contribution is 2.53. The average Bonchev–Trinajstić information content (AvgIpc) is 3.78. The zero-order valence-corrected chi connectivity index (χ0v) is 32.7. The molecule has 11 rings (SSSR count). The molecule has 10 aromatic rings. The van der Waals surface area contributed by atoms with Gasteiger partial charge in [-0.25, -0.2) is 0 Å². The van der Waals surface area contributed by atoms with Gasteiger partial charge in [0.1, 0.15) is 0 Å². The fraction of sp³-hybridized carbons (Fsp3) is 0.0545. The van der Waals surface area contributed by atoms with Gasteiger partial charge in [0.05, 0.1) is 10.4 Å². The Balaban J connectivity index is 1.11. The van der Waals surface area contributed by atoms with Gasteiger partial charge in [0.25, 0.3) is 0 Å². The zero-order valence-electron chi connectivity index (χ0n) is 31.9. The quantitative estimate of drug-likeness (QED) is 0.164. The van der Waals surface area contributed by atoms with E-state index in [1.165, 1.54) is 92.3 Å². The predicted molar refractivity (Wildman–Crippen MR) is 245 cm³/mol. The summed E-state index contributed by atoms with van der Waals surface area (Å²) in [7, 11) is 0. The Morgan fingerprint density at radius 3 is 1.68 bits per heavy atom. The van der Waals surface area contributed by atoms with Crippen LogP contribution in [0.25, 0.3) is 75.5 Å². The first-order valence-corrected chi connectivity index (χ1v) is 20.6. The molecule has 0 spiro atoms. The Kier molecular flexibility index (Phi) is 7.77. The molecule has 0 bridgehead atoms. The number of thiophene rings is 1. The molecule has 1 aromatic heterocycles. The fourth-order valence-electron chi connectivity index (χ4n) is 9.19. The Bertz CT molecular complexity index is 3120. The van der Waals surface area contributed by atoms with Gasteiger partial charge >= 0.3 is 0 Å². The second-order valence-electron chi connectivity index (χ2n) is 15.7. The van der Waals surface area contributed by atoms with Crippen LogP contribution in [0.2, 0.25) is 0 Å². The normalized spacial score (nSPS) is 12.9. The maximum atomic E-state index is 2.49. The summed E-state index contributed by atoms with van der Waals surface area (Å²) >= 11 is 1.92. The van der Waals surface area contributed by atoms with E-state index >= 15 is 0 Å². The molecule has 0 N–H and O–H groups in total. The molecule has 0 amide bonds. The summed E-state index contributed by atoms with van der Waals surface area (Å²) in [6, 6.07) is 73.7. The summed E-state index contributed by atoms with van der Waals surface area (Å²) in [5.41, 5.74) is 16.2. The average molecular weight is 746 g/mol. The van der Waals surface area contributed by atoms with Gasteiger partial charge in [-0.15, -0.1) is 11.3 Å². The van der Waals surface area contributed by atoms with Crippen molar-refractivity contribution < 1.29 is 0 Å². The Morgan fingerprint density at radius 2 is 0.947 bits per heavy atom. The van der Waals surface area contributed by atoms with E-state index in [0.29, 0.717) is 0 Å². The van der Waals surface area contributed by atoms with E-state index in [0.717, 1.165) is 11.4 Å². The second kappa shape index (κ2) is 13.2. The summed E-state index contributed by atoms with van der Waals surface area (Å²) in [5.74, 6) is 0. The summed E-state index contributed by atoms with van der Waals surface area (Å²) in [6.07, 6.45) is 0. The highest BCUT2D eigenvalue weighted by Gasteiger charge is 2.36. The van der Waals surface area contributed by atoms with Crippen molar-refractivity contribution in [2.75, 3.05) is 4.90 Å². The van der Waals surface area contributed by atoms with Crippen LogP contribution in [0.4, 0.5) is 17.1 Å². The molecule has 0 atom stereocenters. The van der Waals surface area contributed by atoms with Crippen molar-refractivity contribution in [2.24, 2.45) is 0 Å². The topological polar surface area (TPSA) is 3.24 Å². The number of benzene rings is 9. The van der Waals surface area contributed by atoms with E-state index in [-0.39, 0.29) is 5.41 Å². The molecule has 0 radical (unpaired) electrons. The lowest BCUT2D eigenvalue weighted by Crippen LogP contribution is -2.16. The van der Waals surface area contributed by atoms with E-state index in [2.05, 4.69) is 219 Å². The van der Waals surface area contributed by atoms with Gasteiger partial charge in [0, 0.05) is 37.8 Å². The summed E-state index contributed by atoms with van der Waals surface area (Å²) in [6.45, 7) is 4.74. The van der Waals surface area contributed by atoms with Crippen LogP contribution < -0.4 is 4.90 Å². The van der Waals surface area contributed by atoms with Crippen molar-refractivity contribution in [3.63, 3.8) is 0 Å². The maximum Gasteiger partial charge on any atom is 0.0640 e. The summed E-state index contributed by atoms with van der Waals surface area (Å²) < 4.78 is 2.60. The Labute approximate surface area is 337 Å². The first kappa shape index (κ1) is 33.6. The standard InChI is InChI=1S/C55H39NS/c1-55(2)49-22-12-11-20-45(49)46-33-32-43(35-50(46)55)56(42-30-28-39(29-31-42)38-26-24-37(25-27-38)36-14-5-3-6-15-36)51-23-13-21-47-52-44-19-10-9-18-41(44)34-48(54(52)57-53(47)51)40-16-7-4-8-17-40/h3-35H,1-2H3. The molecule has 0 saturated carbocycles. The fourth-order valence-corrected chi connectivity index (χ4v) is 10.5. The van der Waals surface area contributed by atoms with E-state index in [1.807, 2.05) is 11.3 Å². The lowest BCUT2D eigenvalue weighted by molar-refractivity contribution is 0.660. The first-order valence-electron chi connectivity index (χ1n) is 19.8. The van der Waals surface area contributed by atoms with Crippen molar-refractivity contribution in [2.45, 2.75) is 19.3 Å². The third-order valence-electron chi connectivity index (χ3n) is 12.1. The van der Waals surface area contributed by atoms with Crippen LogP contribution in [-0.4, -0.2) is 0 Å². The van der Waals surface area contributed by atoms with Gasteiger partial charge in [-0.05, 0) is 97.2 Å². The molecule has 270 valence electrons. The van der Waals surface area contributed by atoms with E-state index in [4.69, 9.17) is 0 Å². The lowest BCUT2D eigenvalue weighted by Gasteiger charge is -2.28. The summed E-state index contributed by atoms with van der Waals surface area (Å²) in [5, 5.41) is 5.17. The molecule has 57 heavy (non-hydrogen) atoms. The summed E-state index contributed by atoms with van der Waals surface area (Å²) in [4.78, 5) is 2.49. The molecule has 2 heteroatoms. The van der Waals surface area contributed by atoms with Crippen molar-refractivity contribution in [1.82, 2.24) is 0 Å². The maximum absolute atomic E-state index is 2.49. The monoisotopic (exact) mass is 745 g/mol. The lowest BCUT2D eigenvalue weighted by atomic mass is 9.82. The van der Waals surface area contributed by atoms with Crippen molar-refractivity contribution >= 4 is 59.3 Å². The van der Waals surface area contributed by atoms with Crippen molar-refractivity contribution in [1.29, 1.82) is 0 Å². The zero-order chi connectivity index (χ0) is 38.1. The van der Waals surface area contributed by atoms with Gasteiger partial charge in [-0.1, -0.05) is 178 Å². The Morgan fingerprint density at radius 1 is 0.386 bits per heavy atom. The van der Waals surface area contributed by atoms with Crippen LogP contribution in [-0.2, 0) is 5.41 Å². The highest BCUT2D eigenvalue weighted by atomic mass is 32.1. The molecular formula is C55H39NS. The van der Waals surface area contributed by atoms with Crippen LogP contribution in [0, 0.1) is 0 Å². The van der Waals surface area contributed by atoms with Gasteiger partial charge < -0.3 is 4.90 Å². The van der Waals surface area contributed by atoms with Crippen LogP contribution >= 0.6 is 11.3 Å². The molecule has 1 heterocycles. The van der Waals surface area contributed by atoms with Crippen molar-refractivity contribution in [3.05, 3.63) is 211 Å². The number of anilines is 3. The predicted octanol–water partition coefficient (Wildman–Crippen LogP) is 16.0. The highest BCUT2D eigenvalue weighted by molar-refractivity contribution is 7.27. The molecule has 0 saturated heterocycles. The number of nitrogens with zero attached hydrogens (tertiary/aromatic N) is 1. The molecule has 9 aromatic carbocycles. The third-order valence-corrected chi connectivity index (χ3v) is 13.3. The number of rotatable bonds is 6. The van der Waals surface area contributed by atoms with Gasteiger partial charge in [0.15, 0.2) is 0 Å². The van der Waals surface area contributed by atoms with E-state index < -0.39 is 0 Å². The molecule has 0 fully saturated rings. The minimum Gasteiger partial charge on any atom is -0.309 e. The first-order chi connectivity index (χ1) is 28.0. The van der Waals surface area contributed by atoms with Crippen LogP contribution in [0.3, 0.4) is 0 Å². The van der Waals surface area contributed by atoms with Gasteiger partial charge in [-0.2, -0.15) is 0 Å². The van der Waals surface area contributed by atoms with Gasteiger partial charge in [0.2, 0.25) is 0 Å². The molecule has 0 unspecified atom stereocenters. The van der Waals surface area contributed by atoms with Crippen molar-refractivity contribution in [3.8, 4) is 44.5 Å². The van der Waals surface area contributed by atoms with Gasteiger partial charge in [-0.3, -0.25) is 0 Å². The SMILES string of the molecule is CC1(C)c2ccccc2-c2ccc(N(c3ccc(-c4ccc(-c5ccccc5)cc4)cc3)c3cccc4c3sc3c(-c5ccccc5)cc5ccccc5c34)cc21.